The van der Waals surface area contributed by atoms with Crippen LogP contribution in [-0.4, -0.2) is 62.7 Å². The summed E-state index contributed by atoms with van der Waals surface area (Å²) in [6.07, 6.45) is 4.31. The molecule has 1 aromatic heterocycles. The average molecular weight is 387 g/mol. The van der Waals surface area contributed by atoms with E-state index in [9.17, 15) is 4.79 Å². The number of carbonyl (C=O) groups excluding carboxylic acids is 1. The highest BCUT2D eigenvalue weighted by molar-refractivity contribution is 7.17. The Morgan fingerprint density at radius 2 is 2.07 bits per heavy atom. The molecule has 1 unspecified atom stereocenters. The molecule has 2 N–H and O–H groups in total. The van der Waals surface area contributed by atoms with E-state index in [4.69, 9.17) is 0 Å². The fourth-order valence-corrected chi connectivity index (χ4v) is 4.98. The van der Waals surface area contributed by atoms with E-state index < -0.39 is 0 Å². The number of nitrogens with one attached hydrogen (secondary N) is 2. The topological polar surface area (TPSA) is 47.6 Å². The SMILES string of the molecule is O=C(NCCCCN1CCN(c2cccc3sccc23)CC1)C1CCCN1. The van der Waals surface area contributed by atoms with E-state index in [1.807, 2.05) is 11.3 Å². The zero-order valence-corrected chi connectivity index (χ0v) is 16.8. The van der Waals surface area contributed by atoms with Crippen molar-refractivity contribution in [1.82, 2.24) is 15.5 Å². The number of rotatable bonds is 7. The van der Waals surface area contributed by atoms with Crippen LogP contribution in [0.4, 0.5) is 5.69 Å². The molecule has 0 spiro atoms. The van der Waals surface area contributed by atoms with Gasteiger partial charge in [-0.05, 0) is 62.4 Å². The predicted molar refractivity (Wildman–Crippen MR) is 114 cm³/mol. The molecule has 0 saturated carbocycles. The maximum absolute atomic E-state index is 12.0. The van der Waals surface area contributed by atoms with Gasteiger partial charge in [-0.25, -0.2) is 0 Å². The number of piperazine rings is 1. The van der Waals surface area contributed by atoms with E-state index in [-0.39, 0.29) is 11.9 Å². The molecule has 3 heterocycles. The van der Waals surface area contributed by atoms with Crippen molar-refractivity contribution in [3.63, 3.8) is 0 Å². The van der Waals surface area contributed by atoms with Gasteiger partial charge in [0.25, 0.3) is 0 Å². The Morgan fingerprint density at radius 3 is 2.89 bits per heavy atom. The number of hydrogen-bond donors (Lipinski definition) is 2. The number of nitrogens with zero attached hydrogens (tertiary/aromatic N) is 2. The number of anilines is 1. The van der Waals surface area contributed by atoms with Crippen molar-refractivity contribution in [1.29, 1.82) is 0 Å². The molecule has 146 valence electrons. The molecule has 0 aliphatic carbocycles. The number of amides is 1. The van der Waals surface area contributed by atoms with Gasteiger partial charge in [0.1, 0.15) is 0 Å². The van der Waals surface area contributed by atoms with E-state index >= 15 is 0 Å². The monoisotopic (exact) mass is 386 g/mol. The molecule has 27 heavy (non-hydrogen) atoms. The van der Waals surface area contributed by atoms with Crippen LogP contribution < -0.4 is 15.5 Å². The molecule has 2 saturated heterocycles. The first-order chi connectivity index (χ1) is 13.3. The third kappa shape index (κ3) is 4.62. The van der Waals surface area contributed by atoms with Gasteiger partial charge in [-0.3, -0.25) is 9.69 Å². The normalized spacial score (nSPS) is 21.0. The van der Waals surface area contributed by atoms with E-state index in [0.29, 0.717) is 0 Å². The molecule has 2 fully saturated rings. The van der Waals surface area contributed by atoms with Crippen molar-refractivity contribution in [3.05, 3.63) is 29.6 Å². The second-order valence-corrected chi connectivity index (χ2v) is 8.53. The van der Waals surface area contributed by atoms with Gasteiger partial charge < -0.3 is 15.5 Å². The molecule has 2 aromatic rings. The Bertz CT molecular complexity index is 747. The summed E-state index contributed by atoms with van der Waals surface area (Å²) in [5.74, 6) is 0.184. The van der Waals surface area contributed by atoms with Crippen LogP contribution in [0.2, 0.25) is 0 Å². The number of unbranched alkanes of at least 4 members (excludes halogenated alkanes) is 1. The van der Waals surface area contributed by atoms with Gasteiger partial charge in [-0.2, -0.15) is 0 Å². The van der Waals surface area contributed by atoms with Gasteiger partial charge in [0.15, 0.2) is 0 Å². The number of hydrogen-bond acceptors (Lipinski definition) is 5. The molecule has 1 amide bonds. The maximum Gasteiger partial charge on any atom is 0.237 e. The minimum absolute atomic E-state index is 0.0470. The van der Waals surface area contributed by atoms with Gasteiger partial charge in [-0.1, -0.05) is 6.07 Å². The standard InChI is InChI=1S/C21H30N4OS/c26-21(18-5-4-10-22-18)23-9-1-2-11-24-12-14-25(15-13-24)19-6-3-7-20-17(19)8-16-27-20/h3,6-8,16,18,22H,1-2,4-5,9-15H2,(H,23,26). The van der Waals surface area contributed by atoms with Gasteiger partial charge in [-0.15, -0.1) is 11.3 Å². The Balaban J connectivity index is 1.15. The Morgan fingerprint density at radius 1 is 1.19 bits per heavy atom. The molecular formula is C21H30N4OS. The Hall–Kier alpha value is -1.63. The van der Waals surface area contributed by atoms with Crippen LogP contribution in [0, 0.1) is 0 Å². The Labute approximate surface area is 165 Å². The minimum atomic E-state index is 0.0470. The van der Waals surface area contributed by atoms with Crippen LogP contribution in [-0.2, 0) is 4.79 Å². The molecule has 0 radical (unpaired) electrons. The van der Waals surface area contributed by atoms with Crippen molar-refractivity contribution < 1.29 is 4.79 Å². The van der Waals surface area contributed by atoms with Gasteiger partial charge in [0, 0.05) is 48.5 Å². The van der Waals surface area contributed by atoms with Crippen molar-refractivity contribution in [3.8, 4) is 0 Å². The van der Waals surface area contributed by atoms with Gasteiger partial charge >= 0.3 is 0 Å². The second-order valence-electron chi connectivity index (χ2n) is 7.59. The van der Waals surface area contributed by atoms with E-state index in [0.717, 1.165) is 71.5 Å². The lowest BCUT2D eigenvalue weighted by atomic mass is 10.1. The van der Waals surface area contributed by atoms with E-state index in [1.165, 1.54) is 15.8 Å². The number of fused-ring (bicyclic) bond motifs is 1. The highest BCUT2D eigenvalue weighted by Gasteiger charge is 2.21. The van der Waals surface area contributed by atoms with Gasteiger partial charge in [0.05, 0.1) is 6.04 Å². The molecule has 1 atom stereocenters. The van der Waals surface area contributed by atoms with Crippen LogP contribution >= 0.6 is 11.3 Å². The zero-order chi connectivity index (χ0) is 18.5. The summed E-state index contributed by atoms with van der Waals surface area (Å²) < 4.78 is 1.38. The first kappa shape index (κ1) is 18.7. The molecular weight excluding hydrogens is 356 g/mol. The minimum Gasteiger partial charge on any atom is -0.368 e. The average Bonchev–Trinajstić information content (AvgIpc) is 3.39. The molecule has 0 bridgehead atoms. The molecule has 4 rings (SSSR count). The van der Waals surface area contributed by atoms with Crippen molar-refractivity contribution in [2.24, 2.45) is 0 Å². The quantitative estimate of drug-likeness (QED) is 0.719. The summed E-state index contributed by atoms with van der Waals surface area (Å²) in [7, 11) is 0. The summed E-state index contributed by atoms with van der Waals surface area (Å²) in [4.78, 5) is 17.1. The number of thiophene rings is 1. The van der Waals surface area contributed by atoms with E-state index in [1.54, 1.807) is 0 Å². The lowest BCUT2D eigenvalue weighted by Gasteiger charge is -2.36. The van der Waals surface area contributed by atoms with Crippen molar-refractivity contribution in [2.45, 2.75) is 31.7 Å². The molecule has 2 aliphatic rings. The Kier molecular flexibility index (Phi) is 6.27. The van der Waals surface area contributed by atoms with Gasteiger partial charge in [0.2, 0.25) is 5.91 Å². The largest absolute Gasteiger partial charge is 0.368 e. The summed E-state index contributed by atoms with van der Waals surface area (Å²) in [5, 5.41) is 9.91. The molecule has 1 aromatic carbocycles. The highest BCUT2D eigenvalue weighted by Crippen LogP contribution is 2.31. The first-order valence-corrected chi connectivity index (χ1v) is 11.1. The smallest absolute Gasteiger partial charge is 0.237 e. The van der Waals surface area contributed by atoms with Crippen LogP contribution in [0.15, 0.2) is 29.6 Å². The van der Waals surface area contributed by atoms with Crippen LogP contribution in [0.25, 0.3) is 10.1 Å². The van der Waals surface area contributed by atoms with Crippen LogP contribution in [0.1, 0.15) is 25.7 Å². The third-order valence-corrected chi connectivity index (χ3v) is 6.65. The highest BCUT2D eigenvalue weighted by atomic mass is 32.1. The lowest BCUT2D eigenvalue weighted by Crippen LogP contribution is -2.46. The molecule has 5 nitrogen and oxygen atoms in total. The fourth-order valence-electron chi connectivity index (χ4n) is 4.17. The lowest BCUT2D eigenvalue weighted by molar-refractivity contribution is -0.122. The summed E-state index contributed by atoms with van der Waals surface area (Å²) in [6, 6.07) is 8.94. The van der Waals surface area contributed by atoms with Crippen molar-refractivity contribution >= 4 is 33.0 Å². The number of carbonyl (C=O) groups is 1. The second kappa shape index (κ2) is 9.04. The predicted octanol–water partition coefficient (Wildman–Crippen LogP) is 2.67. The van der Waals surface area contributed by atoms with E-state index in [2.05, 4.69) is 50.1 Å². The zero-order valence-electron chi connectivity index (χ0n) is 16.0. The maximum atomic E-state index is 12.0. The van der Waals surface area contributed by atoms with Crippen LogP contribution in [0.3, 0.4) is 0 Å². The third-order valence-electron chi connectivity index (χ3n) is 5.76. The van der Waals surface area contributed by atoms with Crippen LogP contribution in [0.5, 0.6) is 0 Å². The summed E-state index contributed by atoms with van der Waals surface area (Å²) in [5.41, 5.74) is 1.39. The first-order valence-electron chi connectivity index (χ1n) is 10.3. The summed E-state index contributed by atoms with van der Waals surface area (Å²) >= 11 is 1.82. The fraction of sp³-hybridized carbons (Fsp3) is 0.571. The molecule has 2 aliphatic heterocycles. The number of benzene rings is 1. The molecule has 6 heteroatoms. The van der Waals surface area contributed by atoms with Crippen molar-refractivity contribution in [2.75, 3.05) is 50.7 Å². The summed E-state index contributed by atoms with van der Waals surface area (Å²) in [6.45, 7) is 7.35.